The second-order valence-corrected chi connectivity index (χ2v) is 9.40. The molecule has 2 N–H and O–H groups in total. The van der Waals surface area contributed by atoms with E-state index in [1.165, 1.54) is 30.5 Å². The highest BCUT2D eigenvalue weighted by atomic mass is 35.5. The zero-order chi connectivity index (χ0) is 25.9. The first-order valence-electron chi connectivity index (χ1n) is 12.0. The van der Waals surface area contributed by atoms with Crippen LogP contribution in [-0.4, -0.2) is 36.7 Å². The molecule has 0 bridgehead atoms. The van der Waals surface area contributed by atoms with Crippen LogP contribution in [0.3, 0.4) is 0 Å². The molecular formula is C28H25ClF2N4O2. The van der Waals surface area contributed by atoms with Crippen molar-refractivity contribution in [3.05, 3.63) is 110 Å². The monoisotopic (exact) mass is 522 g/mol. The molecule has 4 aromatic rings. The predicted octanol–water partition coefficient (Wildman–Crippen LogP) is 4.32. The van der Waals surface area contributed by atoms with E-state index in [9.17, 15) is 14.0 Å². The number of benzene rings is 3. The third-order valence-electron chi connectivity index (χ3n) is 6.49. The summed E-state index contributed by atoms with van der Waals surface area (Å²) in [5.41, 5.74) is 1.35. The number of nitrogens with one attached hydrogen (secondary N) is 2. The maximum Gasteiger partial charge on any atom is 0.257 e. The molecule has 1 saturated heterocycles. The van der Waals surface area contributed by atoms with Gasteiger partial charge in [0.15, 0.2) is 0 Å². The largest absolute Gasteiger partial charge is 0.367 e. The molecule has 5 rings (SSSR count). The molecule has 0 saturated carbocycles. The van der Waals surface area contributed by atoms with Gasteiger partial charge in [0, 0.05) is 61.4 Å². The Hall–Kier alpha value is -3.75. The fraction of sp³-hybridized carbons (Fsp3) is 0.214. The van der Waals surface area contributed by atoms with Gasteiger partial charge >= 0.3 is 0 Å². The number of anilines is 1. The molecular weight excluding hydrogens is 498 g/mol. The number of piperazine rings is 1. The smallest absolute Gasteiger partial charge is 0.257 e. The number of hydrogen-bond acceptors (Lipinski definition) is 4. The Kier molecular flexibility index (Phi) is 7.21. The van der Waals surface area contributed by atoms with Gasteiger partial charge in [-0.05, 0) is 35.9 Å². The van der Waals surface area contributed by atoms with Crippen molar-refractivity contribution in [1.29, 1.82) is 0 Å². The third kappa shape index (κ3) is 5.35. The van der Waals surface area contributed by atoms with E-state index in [0.717, 1.165) is 18.7 Å². The summed E-state index contributed by atoms with van der Waals surface area (Å²) >= 11 is 5.95. The number of rotatable bonds is 6. The van der Waals surface area contributed by atoms with Crippen LogP contribution in [0.1, 0.15) is 21.5 Å². The fourth-order valence-electron chi connectivity index (χ4n) is 4.57. The highest BCUT2D eigenvalue weighted by molar-refractivity contribution is 6.30. The van der Waals surface area contributed by atoms with E-state index < -0.39 is 23.0 Å². The van der Waals surface area contributed by atoms with Gasteiger partial charge < -0.3 is 20.1 Å². The predicted molar refractivity (Wildman–Crippen MR) is 141 cm³/mol. The van der Waals surface area contributed by atoms with E-state index in [0.29, 0.717) is 35.9 Å². The zero-order valence-corrected chi connectivity index (χ0v) is 20.7. The van der Waals surface area contributed by atoms with Crippen LogP contribution in [0, 0.1) is 11.6 Å². The van der Waals surface area contributed by atoms with Crippen molar-refractivity contribution < 1.29 is 13.6 Å². The Balaban J connectivity index is 1.57. The molecule has 1 amide bonds. The van der Waals surface area contributed by atoms with Crippen LogP contribution < -0.4 is 21.0 Å². The topological polar surface area (TPSA) is 66.4 Å². The lowest BCUT2D eigenvalue weighted by molar-refractivity contribution is 0.0949. The van der Waals surface area contributed by atoms with Gasteiger partial charge in [-0.2, -0.15) is 0 Å². The summed E-state index contributed by atoms with van der Waals surface area (Å²) in [5.74, 6) is -1.72. The van der Waals surface area contributed by atoms with Crippen LogP contribution in [0.15, 0.2) is 71.7 Å². The van der Waals surface area contributed by atoms with E-state index in [1.54, 1.807) is 10.6 Å². The number of amides is 1. The molecule has 190 valence electrons. The number of hydrogen-bond donors (Lipinski definition) is 2. The van der Waals surface area contributed by atoms with Gasteiger partial charge in [0.1, 0.15) is 17.2 Å². The molecule has 0 unspecified atom stereocenters. The van der Waals surface area contributed by atoms with Crippen molar-refractivity contribution in [3.63, 3.8) is 0 Å². The summed E-state index contributed by atoms with van der Waals surface area (Å²) in [7, 11) is 0. The van der Waals surface area contributed by atoms with Gasteiger partial charge in [-0.15, -0.1) is 0 Å². The number of halogens is 3. The van der Waals surface area contributed by atoms with Gasteiger partial charge in [-0.3, -0.25) is 9.59 Å². The molecule has 37 heavy (non-hydrogen) atoms. The van der Waals surface area contributed by atoms with Gasteiger partial charge in [-0.25, -0.2) is 8.78 Å². The first-order valence-corrected chi connectivity index (χ1v) is 12.4. The van der Waals surface area contributed by atoms with Crippen LogP contribution in [0.25, 0.3) is 10.9 Å². The molecule has 1 aliphatic heterocycles. The van der Waals surface area contributed by atoms with Crippen molar-refractivity contribution in [2.75, 3.05) is 31.1 Å². The summed E-state index contributed by atoms with van der Waals surface area (Å²) in [6.45, 7) is 2.98. The molecule has 0 aliphatic carbocycles. The van der Waals surface area contributed by atoms with Crippen LogP contribution >= 0.6 is 11.6 Å². The highest BCUT2D eigenvalue weighted by Gasteiger charge is 2.21. The lowest BCUT2D eigenvalue weighted by atomic mass is 10.1. The Bertz CT molecular complexity index is 1520. The summed E-state index contributed by atoms with van der Waals surface area (Å²) in [4.78, 5) is 28.4. The van der Waals surface area contributed by atoms with Crippen molar-refractivity contribution in [1.82, 2.24) is 15.2 Å². The first kappa shape index (κ1) is 24.9. The second kappa shape index (κ2) is 10.7. The van der Waals surface area contributed by atoms with Crippen LogP contribution in [0.5, 0.6) is 0 Å². The first-order chi connectivity index (χ1) is 17.9. The van der Waals surface area contributed by atoms with Gasteiger partial charge in [-0.1, -0.05) is 41.9 Å². The number of carbonyl (C=O) groups excluding carboxylic acids is 1. The number of fused-ring (bicyclic) bond motifs is 1. The maximum atomic E-state index is 15.3. The Morgan fingerprint density at radius 3 is 2.51 bits per heavy atom. The average molecular weight is 523 g/mol. The molecule has 1 aliphatic rings. The van der Waals surface area contributed by atoms with E-state index >= 15 is 4.39 Å². The standard InChI is InChI=1S/C28H25ClF2N4O2/c29-20-6-7-23(30)19(12-20)15-33-28(37)22-17-35(16-18-4-2-1-3-5-18)25-14-26(34-10-8-32-9-11-34)24(31)13-21(25)27(22)36/h1-7,12-14,17,32H,8-11,15-16H2,(H,33,37). The van der Waals surface area contributed by atoms with Crippen LogP contribution in [0.2, 0.25) is 5.02 Å². The molecule has 1 fully saturated rings. The number of carbonyl (C=O) groups is 1. The van der Waals surface area contributed by atoms with Crippen molar-refractivity contribution in [3.8, 4) is 0 Å². The van der Waals surface area contributed by atoms with Crippen LogP contribution in [-0.2, 0) is 13.1 Å². The van der Waals surface area contributed by atoms with Crippen LogP contribution in [0.4, 0.5) is 14.5 Å². The number of aromatic nitrogens is 1. The fourth-order valence-corrected chi connectivity index (χ4v) is 4.76. The molecule has 0 radical (unpaired) electrons. The van der Waals surface area contributed by atoms with E-state index in [2.05, 4.69) is 10.6 Å². The normalized spacial score (nSPS) is 13.6. The van der Waals surface area contributed by atoms with E-state index in [-0.39, 0.29) is 23.1 Å². The minimum absolute atomic E-state index is 0.105. The third-order valence-corrected chi connectivity index (χ3v) is 6.73. The van der Waals surface area contributed by atoms with E-state index in [4.69, 9.17) is 11.6 Å². The highest BCUT2D eigenvalue weighted by Crippen LogP contribution is 2.26. The summed E-state index contributed by atoms with van der Waals surface area (Å²) < 4.78 is 31.2. The average Bonchev–Trinajstić information content (AvgIpc) is 2.91. The van der Waals surface area contributed by atoms with Crippen molar-refractivity contribution >= 4 is 34.1 Å². The maximum absolute atomic E-state index is 15.3. The Morgan fingerprint density at radius 2 is 1.76 bits per heavy atom. The molecule has 9 heteroatoms. The van der Waals surface area contributed by atoms with Gasteiger partial charge in [0.05, 0.1) is 11.2 Å². The lowest BCUT2D eigenvalue weighted by Crippen LogP contribution is -2.44. The summed E-state index contributed by atoms with van der Waals surface area (Å²) in [5, 5.41) is 6.28. The molecule has 2 heterocycles. The zero-order valence-electron chi connectivity index (χ0n) is 19.9. The van der Waals surface area contributed by atoms with Crippen molar-refractivity contribution in [2.24, 2.45) is 0 Å². The molecule has 0 spiro atoms. The molecule has 6 nitrogen and oxygen atoms in total. The molecule has 3 aromatic carbocycles. The summed E-state index contributed by atoms with van der Waals surface area (Å²) in [6.07, 6.45) is 1.49. The van der Waals surface area contributed by atoms with Gasteiger partial charge in [0.2, 0.25) is 5.43 Å². The minimum Gasteiger partial charge on any atom is -0.367 e. The lowest BCUT2D eigenvalue weighted by Gasteiger charge is -2.30. The molecule has 0 atom stereocenters. The Labute approximate surface area is 217 Å². The SMILES string of the molecule is O=C(NCc1cc(Cl)ccc1F)c1cn(Cc2ccccc2)c2cc(N3CCNCC3)c(F)cc2c1=O. The Morgan fingerprint density at radius 1 is 1.00 bits per heavy atom. The quantitative estimate of drug-likeness (QED) is 0.396. The minimum atomic E-state index is -0.681. The van der Waals surface area contributed by atoms with Gasteiger partial charge in [0.25, 0.3) is 5.91 Å². The van der Waals surface area contributed by atoms with Crippen molar-refractivity contribution in [2.45, 2.75) is 13.1 Å². The number of pyridine rings is 1. The van der Waals surface area contributed by atoms with E-state index in [1.807, 2.05) is 35.2 Å². The molecule has 1 aromatic heterocycles. The second-order valence-electron chi connectivity index (χ2n) is 8.96. The summed E-state index contributed by atoms with van der Waals surface area (Å²) in [6, 6.07) is 16.5. The number of nitrogens with zero attached hydrogens (tertiary/aromatic N) is 2.